The number of thiol groups is 1. The lowest BCUT2D eigenvalue weighted by Crippen LogP contribution is -1.86. The lowest BCUT2D eigenvalue weighted by molar-refractivity contribution is 1.57. The van der Waals surface area contributed by atoms with Gasteiger partial charge in [-0.15, -0.1) is 0 Å². The Kier molecular flexibility index (Phi) is 2.76. The van der Waals surface area contributed by atoms with Gasteiger partial charge in [-0.1, -0.05) is 6.58 Å². The lowest BCUT2D eigenvalue weighted by Gasteiger charge is -1.89. The Balaban J connectivity index is 3.82. The second-order valence-electron chi connectivity index (χ2n) is 1.47. The number of nitrogens with zero attached hydrogens (tertiary/aromatic N) is 1. The van der Waals surface area contributed by atoms with Crippen LogP contribution in [-0.2, 0) is 0 Å². The zero-order valence-electron chi connectivity index (χ0n) is 4.60. The van der Waals surface area contributed by atoms with E-state index in [4.69, 9.17) is 0 Å². The minimum absolute atomic E-state index is 0.892. The van der Waals surface area contributed by atoms with Gasteiger partial charge in [0.1, 0.15) is 0 Å². The molecule has 0 aromatic rings. The molecule has 0 aliphatic heterocycles. The van der Waals surface area contributed by atoms with Crippen LogP contribution in [0.15, 0.2) is 16.5 Å². The monoisotopic (exact) mass is 115 g/mol. The van der Waals surface area contributed by atoms with Crippen LogP contribution in [-0.4, -0.2) is 5.71 Å². The Morgan fingerprint density at radius 3 is 2.00 bits per heavy atom. The van der Waals surface area contributed by atoms with E-state index in [0.717, 1.165) is 11.3 Å². The van der Waals surface area contributed by atoms with Gasteiger partial charge in [0.2, 0.25) is 0 Å². The Bertz CT molecular complexity index is 105. The van der Waals surface area contributed by atoms with Crippen LogP contribution >= 0.6 is 12.8 Å². The summed E-state index contributed by atoms with van der Waals surface area (Å²) in [5, 5.41) is 0. The number of allylic oxidation sites excluding steroid dienone is 1. The average Bonchev–Trinajstić information content (AvgIpc) is 1.65. The van der Waals surface area contributed by atoms with Crippen LogP contribution in [0.5, 0.6) is 0 Å². The Labute approximate surface area is 49.7 Å². The maximum Gasteiger partial charge on any atom is 0.0476 e. The molecule has 40 valence electrons. The lowest BCUT2D eigenvalue weighted by atomic mass is 10.2. The van der Waals surface area contributed by atoms with Crippen molar-refractivity contribution in [1.29, 1.82) is 0 Å². The SMILES string of the molecule is C=C(C)C(C)=NS. The quantitative estimate of drug-likeness (QED) is 0.395. The van der Waals surface area contributed by atoms with Crippen molar-refractivity contribution in [3.63, 3.8) is 0 Å². The third-order valence-corrected chi connectivity index (χ3v) is 1.07. The Morgan fingerprint density at radius 1 is 1.57 bits per heavy atom. The first-order valence-corrected chi connectivity index (χ1v) is 2.43. The average molecular weight is 115 g/mol. The maximum atomic E-state index is 3.68. The molecule has 0 heterocycles. The van der Waals surface area contributed by atoms with Gasteiger partial charge in [-0.3, -0.25) is 0 Å². The molecule has 0 aromatic carbocycles. The molecule has 2 heteroatoms. The summed E-state index contributed by atoms with van der Waals surface area (Å²) in [5.74, 6) is 0. The predicted octanol–water partition coefficient (Wildman–Crippen LogP) is 1.87. The predicted molar refractivity (Wildman–Crippen MR) is 36.9 cm³/mol. The standard InChI is InChI=1S/C5H9NS/c1-4(2)5(3)6-7/h7H,1H2,2-3H3. The van der Waals surface area contributed by atoms with Gasteiger partial charge in [0, 0.05) is 5.71 Å². The molecule has 0 radical (unpaired) electrons. The molecular formula is C5H9NS. The summed E-state index contributed by atoms with van der Waals surface area (Å²) in [6, 6.07) is 0. The molecule has 0 aliphatic rings. The molecule has 0 atom stereocenters. The van der Waals surface area contributed by atoms with E-state index in [9.17, 15) is 0 Å². The minimum Gasteiger partial charge on any atom is -0.225 e. The summed E-state index contributed by atoms with van der Waals surface area (Å²) in [5.41, 5.74) is 1.86. The van der Waals surface area contributed by atoms with Crippen LogP contribution in [0.3, 0.4) is 0 Å². The van der Waals surface area contributed by atoms with Crippen molar-refractivity contribution in [2.45, 2.75) is 13.8 Å². The molecule has 7 heavy (non-hydrogen) atoms. The smallest absolute Gasteiger partial charge is 0.0476 e. The summed E-state index contributed by atoms with van der Waals surface area (Å²) in [6.07, 6.45) is 0. The van der Waals surface area contributed by atoms with E-state index in [1.807, 2.05) is 13.8 Å². The largest absolute Gasteiger partial charge is 0.225 e. The van der Waals surface area contributed by atoms with E-state index in [1.165, 1.54) is 0 Å². The van der Waals surface area contributed by atoms with Gasteiger partial charge in [-0.2, -0.15) is 0 Å². The second-order valence-corrected chi connectivity index (χ2v) is 1.67. The van der Waals surface area contributed by atoms with Crippen LogP contribution in [0.4, 0.5) is 0 Å². The highest BCUT2D eigenvalue weighted by Crippen LogP contribution is 1.92. The van der Waals surface area contributed by atoms with E-state index < -0.39 is 0 Å². The molecule has 0 spiro atoms. The van der Waals surface area contributed by atoms with E-state index >= 15 is 0 Å². The fraction of sp³-hybridized carbons (Fsp3) is 0.400. The minimum atomic E-state index is 0.892. The first-order valence-electron chi connectivity index (χ1n) is 2.03. The van der Waals surface area contributed by atoms with Crippen molar-refractivity contribution in [3.05, 3.63) is 12.2 Å². The van der Waals surface area contributed by atoms with Crippen molar-refractivity contribution in [2.24, 2.45) is 4.40 Å². The summed E-state index contributed by atoms with van der Waals surface area (Å²) >= 11 is 3.68. The first-order chi connectivity index (χ1) is 3.18. The van der Waals surface area contributed by atoms with Crippen LogP contribution in [0.25, 0.3) is 0 Å². The molecule has 0 N–H and O–H groups in total. The summed E-state index contributed by atoms with van der Waals surface area (Å²) in [4.78, 5) is 0. The number of hydrogen-bond acceptors (Lipinski definition) is 2. The Morgan fingerprint density at radius 2 is 2.00 bits per heavy atom. The molecule has 0 aliphatic carbocycles. The van der Waals surface area contributed by atoms with Crippen molar-refractivity contribution in [2.75, 3.05) is 0 Å². The van der Waals surface area contributed by atoms with Gasteiger partial charge in [0.25, 0.3) is 0 Å². The van der Waals surface area contributed by atoms with Gasteiger partial charge in [-0.05, 0) is 32.2 Å². The highest BCUT2D eigenvalue weighted by molar-refractivity contribution is 7.79. The van der Waals surface area contributed by atoms with Crippen molar-refractivity contribution >= 4 is 18.5 Å². The topological polar surface area (TPSA) is 12.4 Å². The highest BCUT2D eigenvalue weighted by Gasteiger charge is 1.84. The van der Waals surface area contributed by atoms with E-state index in [0.29, 0.717) is 0 Å². The highest BCUT2D eigenvalue weighted by atomic mass is 32.1. The van der Waals surface area contributed by atoms with Crippen LogP contribution in [0.1, 0.15) is 13.8 Å². The van der Waals surface area contributed by atoms with Crippen LogP contribution < -0.4 is 0 Å². The molecule has 0 aromatic heterocycles. The summed E-state index contributed by atoms with van der Waals surface area (Å²) in [7, 11) is 0. The second kappa shape index (κ2) is 2.86. The zero-order valence-corrected chi connectivity index (χ0v) is 5.50. The fourth-order valence-corrected chi connectivity index (χ4v) is 0.256. The van der Waals surface area contributed by atoms with E-state index in [-0.39, 0.29) is 0 Å². The molecule has 0 rings (SSSR count). The van der Waals surface area contributed by atoms with E-state index in [1.54, 1.807) is 0 Å². The molecule has 0 amide bonds. The number of rotatable bonds is 1. The third kappa shape index (κ3) is 2.45. The van der Waals surface area contributed by atoms with Crippen LogP contribution in [0.2, 0.25) is 0 Å². The first kappa shape index (κ1) is 6.76. The van der Waals surface area contributed by atoms with Gasteiger partial charge < -0.3 is 0 Å². The molecule has 0 saturated carbocycles. The fourth-order valence-electron chi connectivity index (χ4n) is 0.0854. The zero-order chi connectivity index (χ0) is 5.86. The molecular weight excluding hydrogens is 106 g/mol. The molecule has 1 nitrogen and oxygen atoms in total. The van der Waals surface area contributed by atoms with E-state index in [2.05, 4.69) is 23.8 Å². The molecule has 0 fully saturated rings. The molecule has 0 unspecified atom stereocenters. The Hall–Kier alpha value is -0.240. The van der Waals surface area contributed by atoms with Crippen molar-refractivity contribution < 1.29 is 0 Å². The van der Waals surface area contributed by atoms with Gasteiger partial charge in [0.15, 0.2) is 0 Å². The summed E-state index contributed by atoms with van der Waals surface area (Å²) < 4.78 is 3.60. The summed E-state index contributed by atoms with van der Waals surface area (Å²) in [6.45, 7) is 7.41. The van der Waals surface area contributed by atoms with Crippen molar-refractivity contribution in [3.8, 4) is 0 Å². The molecule has 0 bridgehead atoms. The van der Waals surface area contributed by atoms with Gasteiger partial charge in [-0.25, -0.2) is 4.40 Å². The third-order valence-electron chi connectivity index (χ3n) is 0.768. The number of hydrogen-bond donors (Lipinski definition) is 1. The van der Waals surface area contributed by atoms with Crippen molar-refractivity contribution in [1.82, 2.24) is 0 Å². The maximum absolute atomic E-state index is 3.68. The normalized spacial score (nSPS) is 11.6. The van der Waals surface area contributed by atoms with Gasteiger partial charge in [0.05, 0.1) is 0 Å². The van der Waals surface area contributed by atoms with Gasteiger partial charge >= 0.3 is 0 Å². The van der Waals surface area contributed by atoms with Crippen LogP contribution in [0, 0.1) is 0 Å². The molecule has 0 saturated heterocycles.